The van der Waals surface area contributed by atoms with Gasteiger partial charge >= 0.3 is 0 Å². The standard InChI is InChI=1S/C18H30/c1-4-7-8-9-10-13-17-15-14-16(11-5-2)18(17)12-6-3/h13-15H,4-12H2,1-3H3/b17-13+. The minimum atomic E-state index is 1.25. The minimum absolute atomic E-state index is 1.25. The Morgan fingerprint density at radius 3 is 2.28 bits per heavy atom. The molecule has 0 spiro atoms. The fourth-order valence-electron chi connectivity index (χ4n) is 2.66. The first kappa shape index (κ1) is 15.3. The van der Waals surface area contributed by atoms with E-state index < -0.39 is 0 Å². The molecule has 0 nitrogen and oxygen atoms in total. The van der Waals surface area contributed by atoms with Crippen LogP contribution >= 0.6 is 0 Å². The minimum Gasteiger partial charge on any atom is -0.0770 e. The molecule has 0 aromatic rings. The lowest BCUT2D eigenvalue weighted by Gasteiger charge is -2.07. The highest BCUT2D eigenvalue weighted by Crippen LogP contribution is 2.31. The molecule has 0 aliphatic heterocycles. The quantitative estimate of drug-likeness (QED) is 0.416. The molecule has 0 saturated heterocycles. The van der Waals surface area contributed by atoms with Gasteiger partial charge in [-0.1, -0.05) is 71.1 Å². The van der Waals surface area contributed by atoms with Crippen LogP contribution in [0.25, 0.3) is 0 Å². The lowest BCUT2D eigenvalue weighted by atomic mass is 9.98. The molecule has 1 aliphatic carbocycles. The number of rotatable bonds is 9. The maximum atomic E-state index is 2.47. The van der Waals surface area contributed by atoms with Crippen LogP contribution in [0.4, 0.5) is 0 Å². The van der Waals surface area contributed by atoms with Gasteiger partial charge in [-0.3, -0.25) is 0 Å². The van der Waals surface area contributed by atoms with E-state index in [1.54, 1.807) is 11.1 Å². The highest BCUT2D eigenvalue weighted by Gasteiger charge is 2.12. The summed E-state index contributed by atoms with van der Waals surface area (Å²) >= 11 is 0. The Bertz CT molecular complexity index is 315. The molecule has 0 amide bonds. The van der Waals surface area contributed by atoms with Gasteiger partial charge < -0.3 is 0 Å². The van der Waals surface area contributed by atoms with Crippen molar-refractivity contribution in [2.45, 2.75) is 78.6 Å². The summed E-state index contributed by atoms with van der Waals surface area (Å²) in [5.41, 5.74) is 4.76. The van der Waals surface area contributed by atoms with E-state index >= 15 is 0 Å². The Hall–Kier alpha value is -0.780. The van der Waals surface area contributed by atoms with Crippen LogP contribution in [-0.2, 0) is 0 Å². The van der Waals surface area contributed by atoms with Crippen LogP contribution in [0.3, 0.4) is 0 Å². The van der Waals surface area contributed by atoms with E-state index in [-0.39, 0.29) is 0 Å². The van der Waals surface area contributed by atoms with Crippen molar-refractivity contribution in [3.05, 3.63) is 34.9 Å². The van der Waals surface area contributed by atoms with Gasteiger partial charge in [0.1, 0.15) is 0 Å². The van der Waals surface area contributed by atoms with E-state index in [1.807, 2.05) is 0 Å². The molecule has 18 heavy (non-hydrogen) atoms. The second-order valence-corrected chi connectivity index (χ2v) is 5.35. The molecule has 0 atom stereocenters. The third-order valence-corrected chi connectivity index (χ3v) is 3.64. The van der Waals surface area contributed by atoms with Gasteiger partial charge in [0.2, 0.25) is 0 Å². The zero-order chi connectivity index (χ0) is 13.2. The van der Waals surface area contributed by atoms with Crippen molar-refractivity contribution in [3.8, 4) is 0 Å². The number of hydrogen-bond acceptors (Lipinski definition) is 0. The maximum absolute atomic E-state index is 2.47. The van der Waals surface area contributed by atoms with E-state index in [0.29, 0.717) is 0 Å². The first-order chi connectivity index (χ1) is 8.83. The first-order valence-electron chi connectivity index (χ1n) is 7.94. The Labute approximate surface area is 114 Å². The topological polar surface area (TPSA) is 0 Å². The van der Waals surface area contributed by atoms with E-state index in [9.17, 15) is 0 Å². The van der Waals surface area contributed by atoms with Crippen molar-refractivity contribution < 1.29 is 0 Å². The summed E-state index contributed by atoms with van der Waals surface area (Å²) in [6.45, 7) is 6.84. The van der Waals surface area contributed by atoms with Crippen LogP contribution in [0.5, 0.6) is 0 Å². The molecule has 0 aromatic heterocycles. The van der Waals surface area contributed by atoms with Crippen molar-refractivity contribution in [3.63, 3.8) is 0 Å². The summed E-state index contributed by atoms with van der Waals surface area (Å²) in [4.78, 5) is 0. The van der Waals surface area contributed by atoms with Gasteiger partial charge in [-0.2, -0.15) is 0 Å². The summed E-state index contributed by atoms with van der Waals surface area (Å²) < 4.78 is 0. The molecular weight excluding hydrogens is 216 g/mol. The fraction of sp³-hybridized carbons (Fsp3) is 0.667. The predicted molar refractivity (Wildman–Crippen MR) is 82.8 cm³/mol. The Balaban J connectivity index is 2.53. The predicted octanol–water partition coefficient (Wildman–Crippen LogP) is 6.35. The van der Waals surface area contributed by atoms with Crippen LogP contribution in [-0.4, -0.2) is 0 Å². The van der Waals surface area contributed by atoms with Gasteiger partial charge in [0.15, 0.2) is 0 Å². The molecule has 0 radical (unpaired) electrons. The monoisotopic (exact) mass is 246 g/mol. The summed E-state index contributed by atoms with van der Waals surface area (Å²) in [6, 6.07) is 0. The summed E-state index contributed by atoms with van der Waals surface area (Å²) in [5, 5.41) is 0. The Kier molecular flexibility index (Phi) is 7.80. The van der Waals surface area contributed by atoms with Crippen molar-refractivity contribution in [2.75, 3.05) is 0 Å². The largest absolute Gasteiger partial charge is 0.0770 e. The normalized spacial score (nSPS) is 17.2. The molecule has 1 rings (SSSR count). The second kappa shape index (κ2) is 9.19. The van der Waals surface area contributed by atoms with Gasteiger partial charge in [-0.15, -0.1) is 0 Å². The van der Waals surface area contributed by atoms with Crippen molar-refractivity contribution in [1.82, 2.24) is 0 Å². The highest BCUT2D eigenvalue weighted by molar-refractivity contribution is 5.53. The molecular formula is C18H30. The molecule has 0 aromatic carbocycles. The van der Waals surface area contributed by atoms with E-state index in [1.165, 1.54) is 63.4 Å². The summed E-state index contributed by atoms with van der Waals surface area (Å²) in [6.07, 6.45) is 18.9. The molecule has 0 heterocycles. The van der Waals surface area contributed by atoms with Crippen LogP contribution in [0.1, 0.15) is 78.6 Å². The Morgan fingerprint density at radius 1 is 0.833 bits per heavy atom. The Morgan fingerprint density at radius 2 is 1.61 bits per heavy atom. The number of allylic oxidation sites excluding steroid dienone is 6. The lowest BCUT2D eigenvalue weighted by Crippen LogP contribution is -1.88. The summed E-state index contributed by atoms with van der Waals surface area (Å²) in [5.74, 6) is 0. The van der Waals surface area contributed by atoms with Gasteiger partial charge in [0, 0.05) is 0 Å². The van der Waals surface area contributed by atoms with Crippen LogP contribution < -0.4 is 0 Å². The van der Waals surface area contributed by atoms with E-state index in [4.69, 9.17) is 0 Å². The smallest absolute Gasteiger partial charge is 0.0262 e. The average molecular weight is 246 g/mol. The van der Waals surface area contributed by atoms with Crippen LogP contribution in [0.2, 0.25) is 0 Å². The molecule has 0 unspecified atom stereocenters. The molecule has 102 valence electrons. The molecule has 0 bridgehead atoms. The van der Waals surface area contributed by atoms with Crippen molar-refractivity contribution >= 4 is 0 Å². The van der Waals surface area contributed by atoms with Gasteiger partial charge in [0.25, 0.3) is 0 Å². The van der Waals surface area contributed by atoms with E-state index in [0.717, 1.165) is 0 Å². The fourth-order valence-corrected chi connectivity index (χ4v) is 2.66. The van der Waals surface area contributed by atoms with Gasteiger partial charge in [0.05, 0.1) is 0 Å². The molecule has 0 N–H and O–H groups in total. The van der Waals surface area contributed by atoms with Crippen LogP contribution in [0.15, 0.2) is 34.9 Å². The summed E-state index contributed by atoms with van der Waals surface area (Å²) in [7, 11) is 0. The van der Waals surface area contributed by atoms with Gasteiger partial charge in [-0.05, 0) is 42.4 Å². The second-order valence-electron chi connectivity index (χ2n) is 5.35. The lowest BCUT2D eigenvalue weighted by molar-refractivity contribution is 0.673. The molecule has 0 saturated carbocycles. The maximum Gasteiger partial charge on any atom is -0.0262 e. The third kappa shape index (κ3) is 4.84. The highest BCUT2D eigenvalue weighted by atomic mass is 14.2. The van der Waals surface area contributed by atoms with Crippen molar-refractivity contribution in [1.29, 1.82) is 0 Å². The zero-order valence-corrected chi connectivity index (χ0v) is 12.6. The first-order valence-corrected chi connectivity index (χ1v) is 7.94. The number of hydrogen-bond donors (Lipinski definition) is 0. The molecule has 0 fully saturated rings. The SMILES string of the molecule is CCCCCC/C=C1\C=CC(CCC)=C1CCC. The molecule has 0 heteroatoms. The van der Waals surface area contributed by atoms with Gasteiger partial charge in [-0.25, -0.2) is 0 Å². The third-order valence-electron chi connectivity index (χ3n) is 3.64. The van der Waals surface area contributed by atoms with E-state index in [2.05, 4.69) is 39.0 Å². The number of unbranched alkanes of at least 4 members (excludes halogenated alkanes) is 4. The zero-order valence-electron chi connectivity index (χ0n) is 12.6. The van der Waals surface area contributed by atoms with Crippen molar-refractivity contribution in [2.24, 2.45) is 0 Å². The molecule has 1 aliphatic rings. The van der Waals surface area contributed by atoms with Crippen LogP contribution in [0, 0.1) is 0 Å². The average Bonchev–Trinajstić information content (AvgIpc) is 2.73.